The molecule has 20 heavy (non-hydrogen) atoms. The van der Waals surface area contributed by atoms with E-state index in [1.165, 1.54) is 17.3 Å². The topological polar surface area (TPSA) is 108 Å². The van der Waals surface area contributed by atoms with Crippen molar-refractivity contribution < 1.29 is 14.7 Å². The molecule has 2 amide bonds. The van der Waals surface area contributed by atoms with Gasteiger partial charge in [-0.05, 0) is 24.7 Å². The van der Waals surface area contributed by atoms with Gasteiger partial charge < -0.3 is 10.0 Å². The Labute approximate surface area is 115 Å². The van der Waals surface area contributed by atoms with E-state index in [4.69, 9.17) is 0 Å². The quantitative estimate of drug-likeness (QED) is 0.819. The summed E-state index contributed by atoms with van der Waals surface area (Å²) < 4.78 is 0. The molecule has 0 spiro atoms. The molecule has 2 aliphatic rings. The fourth-order valence-corrected chi connectivity index (χ4v) is 3.30. The second-order valence-corrected chi connectivity index (χ2v) is 5.19. The van der Waals surface area contributed by atoms with E-state index in [1.54, 1.807) is 0 Å². The number of carboxylic acids is 1. The molecule has 1 aromatic heterocycles. The number of fused-ring (bicyclic) bond motifs is 1. The molecule has 106 valence electrons. The van der Waals surface area contributed by atoms with Crippen molar-refractivity contribution in [2.45, 2.75) is 25.3 Å². The van der Waals surface area contributed by atoms with E-state index in [2.05, 4.69) is 20.5 Å². The smallest absolute Gasteiger partial charge is 0.326 e. The van der Waals surface area contributed by atoms with Crippen LogP contribution in [0.4, 0.5) is 10.7 Å². The minimum Gasteiger partial charge on any atom is -0.480 e. The average molecular weight is 277 g/mol. The molecular weight excluding hydrogens is 262 g/mol. The Hall–Kier alpha value is -2.25. The maximum atomic E-state index is 12.2. The number of hydrogen-bond donors (Lipinski definition) is 2. The van der Waals surface area contributed by atoms with Gasteiger partial charge in [0.15, 0.2) is 0 Å². The van der Waals surface area contributed by atoms with Gasteiger partial charge in [-0.2, -0.15) is 5.10 Å². The predicted molar refractivity (Wildman–Crippen MR) is 67.8 cm³/mol. The highest BCUT2D eigenvalue weighted by Gasteiger charge is 2.49. The van der Waals surface area contributed by atoms with E-state index in [9.17, 15) is 14.7 Å². The van der Waals surface area contributed by atoms with Crippen LogP contribution in [-0.2, 0) is 4.79 Å². The highest BCUT2D eigenvalue weighted by atomic mass is 16.4. The lowest BCUT2D eigenvalue weighted by molar-refractivity contribution is -0.142. The van der Waals surface area contributed by atoms with Crippen molar-refractivity contribution in [2.24, 2.45) is 11.8 Å². The minimum absolute atomic E-state index is 0.0630. The van der Waals surface area contributed by atoms with Gasteiger partial charge in [-0.3, -0.25) is 5.32 Å². The van der Waals surface area contributed by atoms with Crippen LogP contribution in [0.3, 0.4) is 0 Å². The van der Waals surface area contributed by atoms with Gasteiger partial charge in [0.2, 0.25) is 0 Å². The molecule has 1 aromatic rings. The van der Waals surface area contributed by atoms with E-state index in [0.29, 0.717) is 6.54 Å². The number of nitrogens with one attached hydrogen (secondary N) is 1. The molecule has 2 heterocycles. The van der Waals surface area contributed by atoms with Crippen molar-refractivity contribution in [3.8, 4) is 0 Å². The molecule has 1 saturated carbocycles. The summed E-state index contributed by atoms with van der Waals surface area (Å²) in [4.78, 5) is 28.9. The van der Waals surface area contributed by atoms with Crippen LogP contribution in [-0.4, -0.2) is 49.8 Å². The van der Waals surface area contributed by atoms with Crippen molar-refractivity contribution in [1.29, 1.82) is 0 Å². The van der Waals surface area contributed by atoms with Gasteiger partial charge in [0.25, 0.3) is 5.95 Å². The number of nitrogens with zero attached hydrogens (tertiary/aromatic N) is 4. The molecule has 3 unspecified atom stereocenters. The third kappa shape index (κ3) is 2.17. The summed E-state index contributed by atoms with van der Waals surface area (Å²) >= 11 is 0. The van der Waals surface area contributed by atoms with Crippen LogP contribution in [0.5, 0.6) is 0 Å². The Balaban J connectivity index is 1.75. The molecule has 3 atom stereocenters. The first-order valence-electron chi connectivity index (χ1n) is 6.61. The van der Waals surface area contributed by atoms with Gasteiger partial charge in [0, 0.05) is 6.54 Å². The summed E-state index contributed by atoms with van der Waals surface area (Å²) in [7, 11) is 0. The lowest BCUT2D eigenvalue weighted by Gasteiger charge is -2.24. The number of aromatic nitrogens is 3. The molecule has 1 saturated heterocycles. The molecular formula is C12H15N5O3. The van der Waals surface area contributed by atoms with Crippen molar-refractivity contribution in [3.05, 3.63) is 12.4 Å². The Morgan fingerprint density at radius 1 is 1.35 bits per heavy atom. The third-order valence-electron chi connectivity index (χ3n) is 4.11. The zero-order chi connectivity index (χ0) is 14.1. The molecule has 0 radical (unpaired) electrons. The van der Waals surface area contributed by atoms with Crippen LogP contribution in [0.2, 0.25) is 0 Å². The number of aliphatic carboxylic acids is 1. The summed E-state index contributed by atoms with van der Waals surface area (Å²) in [6.07, 6.45) is 5.71. The number of amides is 2. The van der Waals surface area contributed by atoms with E-state index in [1.807, 2.05) is 0 Å². The highest BCUT2D eigenvalue weighted by molar-refractivity contribution is 5.91. The predicted octanol–water partition coefficient (Wildman–Crippen LogP) is 0.589. The summed E-state index contributed by atoms with van der Waals surface area (Å²) in [5.41, 5.74) is 0. The Bertz CT molecular complexity index is 523. The maximum absolute atomic E-state index is 12.2. The number of hydrogen-bond acceptors (Lipinski definition) is 5. The molecule has 0 bridgehead atoms. The fraction of sp³-hybridized carbons (Fsp3) is 0.583. The highest BCUT2D eigenvalue weighted by Crippen LogP contribution is 2.42. The summed E-state index contributed by atoms with van der Waals surface area (Å²) in [6, 6.07) is -1.22. The van der Waals surface area contributed by atoms with Gasteiger partial charge in [-0.15, -0.1) is 5.10 Å². The van der Waals surface area contributed by atoms with Gasteiger partial charge >= 0.3 is 12.0 Å². The Kier molecular flexibility index (Phi) is 3.21. The summed E-state index contributed by atoms with van der Waals surface area (Å²) in [5.74, 6) is -0.509. The number of likely N-dealkylation sites (tertiary alicyclic amines) is 1. The van der Waals surface area contributed by atoms with E-state index in [0.717, 1.165) is 19.3 Å². The van der Waals surface area contributed by atoms with Crippen molar-refractivity contribution >= 4 is 17.9 Å². The Morgan fingerprint density at radius 3 is 2.90 bits per heavy atom. The zero-order valence-corrected chi connectivity index (χ0v) is 10.8. The molecule has 1 aliphatic carbocycles. The first kappa shape index (κ1) is 12.8. The number of carbonyl (C=O) groups excluding carboxylic acids is 1. The maximum Gasteiger partial charge on any atom is 0.326 e. The fourth-order valence-electron chi connectivity index (χ4n) is 3.30. The number of urea groups is 1. The average Bonchev–Trinajstić information content (AvgIpc) is 2.98. The largest absolute Gasteiger partial charge is 0.480 e. The Morgan fingerprint density at radius 2 is 2.20 bits per heavy atom. The van der Waals surface area contributed by atoms with Gasteiger partial charge in [-0.1, -0.05) is 6.42 Å². The van der Waals surface area contributed by atoms with Crippen LogP contribution in [0.15, 0.2) is 12.4 Å². The van der Waals surface area contributed by atoms with E-state index < -0.39 is 18.0 Å². The normalized spacial score (nSPS) is 28.2. The van der Waals surface area contributed by atoms with Crippen LogP contribution in [0.25, 0.3) is 0 Å². The summed E-state index contributed by atoms with van der Waals surface area (Å²) in [5, 5.41) is 19.2. The van der Waals surface area contributed by atoms with Crippen LogP contribution in [0.1, 0.15) is 19.3 Å². The number of rotatable bonds is 2. The monoisotopic (exact) mass is 277 g/mol. The van der Waals surface area contributed by atoms with Crippen molar-refractivity contribution in [1.82, 2.24) is 20.1 Å². The van der Waals surface area contributed by atoms with Crippen LogP contribution < -0.4 is 5.32 Å². The molecule has 8 nitrogen and oxygen atoms in total. The standard InChI is InChI=1S/C12H15N5O3/c18-10(19)9-8-3-1-2-7(8)6-17(9)12(20)15-11-13-4-5-14-16-11/h4-5,7-9H,1-3,6H2,(H,18,19)(H,13,15,16,20). The van der Waals surface area contributed by atoms with E-state index >= 15 is 0 Å². The summed E-state index contributed by atoms with van der Waals surface area (Å²) in [6.45, 7) is 0.480. The molecule has 0 aromatic carbocycles. The van der Waals surface area contributed by atoms with Gasteiger partial charge in [0.05, 0.1) is 12.4 Å². The molecule has 2 fully saturated rings. The second kappa shape index (κ2) is 5.03. The van der Waals surface area contributed by atoms with Gasteiger partial charge in [-0.25, -0.2) is 14.6 Å². The molecule has 8 heteroatoms. The van der Waals surface area contributed by atoms with E-state index in [-0.39, 0.29) is 17.8 Å². The van der Waals surface area contributed by atoms with Crippen molar-refractivity contribution in [3.63, 3.8) is 0 Å². The number of carboxylic acid groups (broad SMARTS) is 1. The minimum atomic E-state index is -0.943. The number of carbonyl (C=O) groups is 2. The molecule has 2 N–H and O–H groups in total. The lowest BCUT2D eigenvalue weighted by atomic mass is 9.94. The third-order valence-corrected chi connectivity index (χ3v) is 4.11. The molecule has 1 aliphatic heterocycles. The first-order chi connectivity index (χ1) is 9.66. The van der Waals surface area contributed by atoms with Crippen LogP contribution >= 0.6 is 0 Å². The molecule has 3 rings (SSSR count). The van der Waals surface area contributed by atoms with Crippen LogP contribution in [0, 0.1) is 11.8 Å². The zero-order valence-electron chi connectivity index (χ0n) is 10.8. The SMILES string of the molecule is O=C(O)C1C2CCCC2CN1C(=O)Nc1nccnn1. The van der Waals surface area contributed by atoms with Gasteiger partial charge in [0.1, 0.15) is 6.04 Å². The second-order valence-electron chi connectivity index (χ2n) is 5.19. The van der Waals surface area contributed by atoms with Crippen molar-refractivity contribution in [2.75, 3.05) is 11.9 Å². The number of anilines is 1. The lowest BCUT2D eigenvalue weighted by Crippen LogP contribution is -2.45. The first-order valence-corrected chi connectivity index (χ1v) is 6.61.